The Labute approximate surface area is 265 Å². The average molecular weight is 695 g/mol. The maximum Gasteiger partial charge on any atom is 0.287 e. The van der Waals surface area contributed by atoms with Crippen LogP contribution >= 0.6 is 38.9 Å². The number of thiophene rings is 1. The van der Waals surface area contributed by atoms with Crippen molar-refractivity contribution in [2.24, 2.45) is 23.7 Å². The molecule has 4 saturated carbocycles. The minimum Gasteiger partial charge on any atom is -0.353 e. The molecule has 11 nitrogen and oxygen atoms in total. The molecule has 230 valence electrons. The van der Waals surface area contributed by atoms with Gasteiger partial charge in [0.25, 0.3) is 17.4 Å². The molecule has 0 aromatic carbocycles. The van der Waals surface area contributed by atoms with E-state index in [1.807, 2.05) is 0 Å². The number of amides is 4. The van der Waals surface area contributed by atoms with E-state index >= 15 is 0 Å². The van der Waals surface area contributed by atoms with Crippen LogP contribution in [0.1, 0.15) is 54.6 Å². The van der Waals surface area contributed by atoms with Gasteiger partial charge in [0, 0.05) is 30.2 Å². The van der Waals surface area contributed by atoms with Gasteiger partial charge in [-0.1, -0.05) is 11.6 Å². The van der Waals surface area contributed by atoms with Crippen LogP contribution in [0.2, 0.25) is 4.34 Å². The van der Waals surface area contributed by atoms with Crippen LogP contribution in [0.4, 0.5) is 5.69 Å². The van der Waals surface area contributed by atoms with Gasteiger partial charge in [0.1, 0.15) is 22.6 Å². The molecule has 4 aliphatic carbocycles. The highest BCUT2D eigenvalue weighted by Gasteiger charge is 2.48. The lowest BCUT2D eigenvalue weighted by atomic mass is 9.54. The summed E-state index contributed by atoms with van der Waals surface area (Å²) in [4.78, 5) is 76.5. The lowest BCUT2D eigenvalue weighted by Crippen LogP contribution is -2.56. The van der Waals surface area contributed by atoms with E-state index in [2.05, 4.69) is 37.2 Å². The number of nitrogens with one attached hydrogen (secondary N) is 4. The third-order valence-corrected chi connectivity index (χ3v) is 11.3. The largest absolute Gasteiger partial charge is 0.353 e. The standard InChI is InChI=1S/C29H33BrClN5O6S/c1-32-27(40)21(37)5-4-19(33-28(41)22-12-18(30)25(31)43-22)26(39)34-20-3-2-6-36(29(20)42)13-23(38)35-24-16-8-14-7-15(10-16)11-17(24)9-14/h2-3,6,12,14-17,19,24H,4-5,7-11,13H2,1H3,(H,32,40)(H,33,41)(H,34,39)(H,35,38)/t14?,15?,16?,17?,19-,24?/m0/s1. The number of carbonyl (C=O) groups excluding carboxylic acids is 5. The second kappa shape index (κ2) is 13.3. The van der Waals surface area contributed by atoms with E-state index in [9.17, 15) is 28.8 Å². The second-order valence-electron chi connectivity index (χ2n) is 11.7. The fourth-order valence-corrected chi connectivity index (χ4v) is 8.61. The van der Waals surface area contributed by atoms with E-state index < -0.39 is 35.1 Å². The zero-order valence-corrected chi connectivity index (χ0v) is 26.6. The van der Waals surface area contributed by atoms with Crippen LogP contribution in [-0.4, -0.2) is 53.1 Å². The monoisotopic (exact) mass is 693 g/mol. The van der Waals surface area contributed by atoms with Gasteiger partial charge in [-0.25, -0.2) is 0 Å². The van der Waals surface area contributed by atoms with E-state index in [0.29, 0.717) is 20.6 Å². The zero-order valence-electron chi connectivity index (χ0n) is 23.5. The van der Waals surface area contributed by atoms with E-state index in [-0.39, 0.29) is 41.9 Å². The Morgan fingerprint density at radius 1 is 1.09 bits per heavy atom. The van der Waals surface area contributed by atoms with E-state index in [0.717, 1.165) is 48.9 Å². The fourth-order valence-electron chi connectivity index (χ4n) is 7.01. The highest BCUT2D eigenvalue weighted by molar-refractivity contribution is 9.10. The van der Waals surface area contributed by atoms with Gasteiger partial charge >= 0.3 is 0 Å². The van der Waals surface area contributed by atoms with Crippen LogP contribution in [0.3, 0.4) is 0 Å². The summed E-state index contributed by atoms with van der Waals surface area (Å²) >= 11 is 10.3. The van der Waals surface area contributed by atoms with Crippen molar-refractivity contribution in [1.82, 2.24) is 20.5 Å². The molecule has 0 unspecified atom stereocenters. The number of hydrogen-bond donors (Lipinski definition) is 4. The highest BCUT2D eigenvalue weighted by atomic mass is 79.9. The predicted molar refractivity (Wildman–Crippen MR) is 165 cm³/mol. The van der Waals surface area contributed by atoms with E-state index in [1.54, 1.807) is 6.07 Å². The first kappa shape index (κ1) is 31.4. The van der Waals surface area contributed by atoms with Crippen molar-refractivity contribution in [1.29, 1.82) is 0 Å². The number of ketones is 1. The Morgan fingerprint density at radius 2 is 1.77 bits per heavy atom. The van der Waals surface area contributed by atoms with Gasteiger partial charge < -0.3 is 25.8 Å². The van der Waals surface area contributed by atoms with E-state index in [4.69, 9.17) is 11.6 Å². The van der Waals surface area contributed by atoms with Crippen molar-refractivity contribution >= 4 is 74.0 Å². The Hall–Kier alpha value is -3.03. The van der Waals surface area contributed by atoms with Crippen LogP contribution in [0, 0.1) is 23.7 Å². The van der Waals surface area contributed by atoms with Crippen molar-refractivity contribution in [2.75, 3.05) is 12.4 Å². The summed E-state index contributed by atoms with van der Waals surface area (Å²) in [6, 6.07) is 3.32. The summed E-state index contributed by atoms with van der Waals surface area (Å²) in [6.07, 6.45) is 6.90. The van der Waals surface area contributed by atoms with Gasteiger partial charge in [-0.2, -0.15) is 0 Å². The molecule has 4 amide bonds. The molecule has 0 aliphatic heterocycles. The molecule has 4 bridgehead atoms. The SMILES string of the molecule is CNC(=O)C(=O)CC[C@H](NC(=O)c1cc(Br)c(Cl)s1)C(=O)Nc1cccn(CC(=O)NC2C3CC4CC(C3)CC2C4)c1=O. The molecule has 43 heavy (non-hydrogen) atoms. The number of aromatic nitrogens is 1. The number of anilines is 1. The minimum atomic E-state index is -1.26. The third-order valence-electron chi connectivity index (χ3n) is 8.78. The molecule has 0 spiro atoms. The number of carbonyl (C=O) groups is 5. The van der Waals surface area contributed by atoms with Crippen LogP contribution < -0.4 is 26.8 Å². The first-order valence-corrected chi connectivity index (χ1v) is 16.3. The smallest absolute Gasteiger partial charge is 0.287 e. The Kier molecular flexibility index (Phi) is 9.72. The van der Waals surface area contributed by atoms with Gasteiger partial charge in [0.2, 0.25) is 17.6 Å². The Morgan fingerprint density at radius 3 is 2.37 bits per heavy atom. The average Bonchev–Trinajstić information content (AvgIpc) is 3.31. The number of rotatable bonds is 11. The maximum atomic E-state index is 13.3. The molecular weight excluding hydrogens is 662 g/mol. The molecule has 4 N–H and O–H groups in total. The number of Topliss-reactive ketones (excluding diaryl/α,β-unsaturated/α-hetero) is 1. The lowest BCUT2D eigenvalue weighted by molar-refractivity contribution is -0.137. The van der Waals surface area contributed by atoms with Crippen molar-refractivity contribution in [3.63, 3.8) is 0 Å². The van der Waals surface area contributed by atoms with Crippen molar-refractivity contribution < 1.29 is 24.0 Å². The summed E-state index contributed by atoms with van der Waals surface area (Å²) in [5, 5.41) is 10.5. The number of pyridine rings is 1. The summed E-state index contributed by atoms with van der Waals surface area (Å²) in [5.41, 5.74) is -0.676. The van der Waals surface area contributed by atoms with Crippen molar-refractivity contribution in [2.45, 2.75) is 63.6 Å². The molecule has 2 aromatic heterocycles. The molecule has 0 saturated heterocycles. The van der Waals surface area contributed by atoms with E-state index in [1.165, 1.54) is 36.4 Å². The topological polar surface area (TPSA) is 155 Å². The molecule has 4 aliphatic rings. The van der Waals surface area contributed by atoms with Crippen molar-refractivity contribution in [3.8, 4) is 0 Å². The number of halogens is 2. The van der Waals surface area contributed by atoms with Crippen LogP contribution in [0.25, 0.3) is 0 Å². The summed E-state index contributed by atoms with van der Waals surface area (Å²) < 4.78 is 2.09. The first-order chi connectivity index (χ1) is 20.5. The third kappa shape index (κ3) is 7.21. The van der Waals surface area contributed by atoms with Crippen LogP contribution in [0.5, 0.6) is 0 Å². The van der Waals surface area contributed by atoms with Gasteiger partial charge in [-0.05, 0) is 96.3 Å². The number of nitrogens with zero attached hydrogens (tertiary/aromatic N) is 1. The molecule has 6 rings (SSSR count). The summed E-state index contributed by atoms with van der Waals surface area (Å²) in [5.74, 6) is -0.654. The first-order valence-electron chi connectivity index (χ1n) is 14.3. The summed E-state index contributed by atoms with van der Waals surface area (Å²) in [6.45, 7) is -0.194. The van der Waals surface area contributed by atoms with Gasteiger partial charge in [0.05, 0.1) is 4.88 Å². The predicted octanol–water partition coefficient (Wildman–Crippen LogP) is 3.10. The number of hydrogen-bond acceptors (Lipinski definition) is 7. The quantitative estimate of drug-likeness (QED) is 0.265. The minimum absolute atomic E-state index is 0.0892. The maximum absolute atomic E-state index is 13.3. The summed E-state index contributed by atoms with van der Waals surface area (Å²) in [7, 11) is 1.31. The zero-order chi connectivity index (χ0) is 30.8. The highest BCUT2D eigenvalue weighted by Crippen LogP contribution is 2.53. The van der Waals surface area contributed by atoms with Gasteiger partial charge in [0.15, 0.2) is 0 Å². The normalized spacial score (nSPS) is 24.2. The molecule has 2 heterocycles. The van der Waals surface area contributed by atoms with Gasteiger partial charge in [-0.3, -0.25) is 28.8 Å². The molecular formula is C29H33BrClN5O6S. The fraction of sp³-hybridized carbons (Fsp3) is 0.517. The second-order valence-corrected chi connectivity index (χ2v) is 14.2. The van der Waals surface area contributed by atoms with Crippen molar-refractivity contribution in [3.05, 3.63) is 48.4 Å². The molecule has 4 fully saturated rings. The molecule has 1 atom stereocenters. The van der Waals surface area contributed by atoms with Crippen LogP contribution in [0.15, 0.2) is 33.7 Å². The molecule has 2 aromatic rings. The molecule has 0 radical (unpaired) electrons. The number of likely N-dealkylation sites (N-methyl/N-ethyl adjacent to an activating group) is 1. The van der Waals surface area contributed by atoms with Gasteiger partial charge in [-0.15, -0.1) is 11.3 Å². The lowest BCUT2D eigenvalue weighted by Gasteiger charge is -2.54. The Bertz CT molecular complexity index is 1460. The van der Waals surface area contributed by atoms with Crippen LogP contribution in [-0.2, 0) is 25.7 Å². The molecule has 14 heteroatoms. The Balaban J connectivity index is 1.25.